The van der Waals surface area contributed by atoms with Gasteiger partial charge in [0.2, 0.25) is 0 Å². The molecule has 3 amide bonds. The molecule has 1 N–H and O–H groups in total. The first-order chi connectivity index (χ1) is 14.2. The molecule has 29 heavy (non-hydrogen) atoms. The Kier molecular flexibility index (Phi) is 6.13. The largest absolute Gasteiger partial charge is 0.352 e. The van der Waals surface area contributed by atoms with E-state index in [1.165, 1.54) is 0 Å². The molecule has 2 aromatic rings. The maximum atomic E-state index is 12.6. The van der Waals surface area contributed by atoms with Gasteiger partial charge in [-0.15, -0.1) is 0 Å². The number of likely N-dealkylation sites (tertiary alicyclic amines) is 2. The number of piperidine rings is 1. The van der Waals surface area contributed by atoms with Gasteiger partial charge in [-0.2, -0.15) is 0 Å². The predicted octanol–water partition coefficient (Wildman–Crippen LogP) is 4.01. The molecule has 0 spiro atoms. The Morgan fingerprint density at radius 3 is 2.21 bits per heavy atom. The molecule has 0 radical (unpaired) electrons. The Hall–Kier alpha value is -2.82. The van der Waals surface area contributed by atoms with E-state index in [2.05, 4.69) is 17.4 Å². The molecule has 2 saturated heterocycles. The highest BCUT2D eigenvalue weighted by molar-refractivity contribution is 5.94. The quantitative estimate of drug-likeness (QED) is 0.856. The van der Waals surface area contributed by atoms with Crippen LogP contribution in [-0.4, -0.2) is 54.5 Å². The van der Waals surface area contributed by atoms with Crippen LogP contribution in [0.4, 0.5) is 4.79 Å². The fourth-order valence-corrected chi connectivity index (χ4v) is 4.30. The van der Waals surface area contributed by atoms with Crippen LogP contribution in [0.5, 0.6) is 0 Å². The number of urea groups is 1. The number of carbonyl (C=O) groups is 2. The van der Waals surface area contributed by atoms with E-state index in [1.807, 2.05) is 52.3 Å². The number of carbonyl (C=O) groups excluding carboxylic acids is 2. The summed E-state index contributed by atoms with van der Waals surface area (Å²) in [5.41, 5.74) is 2.92. The topological polar surface area (TPSA) is 52.7 Å². The van der Waals surface area contributed by atoms with Gasteiger partial charge >= 0.3 is 6.03 Å². The molecule has 1 atom stereocenters. The molecular formula is C24H29N3O2. The molecule has 4 rings (SSSR count). The van der Waals surface area contributed by atoms with Crippen LogP contribution in [0.3, 0.4) is 0 Å². The number of benzene rings is 2. The molecule has 0 bridgehead atoms. The van der Waals surface area contributed by atoms with Crippen molar-refractivity contribution in [3.8, 4) is 11.1 Å². The summed E-state index contributed by atoms with van der Waals surface area (Å²) in [6.07, 6.45) is 4.28. The predicted molar refractivity (Wildman–Crippen MR) is 115 cm³/mol. The lowest BCUT2D eigenvalue weighted by Crippen LogP contribution is -2.48. The van der Waals surface area contributed by atoms with Crippen molar-refractivity contribution in [2.75, 3.05) is 32.7 Å². The first-order valence-corrected chi connectivity index (χ1v) is 10.7. The van der Waals surface area contributed by atoms with E-state index in [9.17, 15) is 9.59 Å². The van der Waals surface area contributed by atoms with E-state index in [4.69, 9.17) is 0 Å². The SMILES string of the molecule is O=C(NC[C@@H]1CCCN(C(=O)N2CCCC2)C1)c1ccc(-c2ccccc2)cc1. The zero-order valence-electron chi connectivity index (χ0n) is 16.8. The fraction of sp³-hybridized carbons (Fsp3) is 0.417. The average molecular weight is 392 g/mol. The van der Waals surface area contributed by atoms with E-state index < -0.39 is 0 Å². The second kappa shape index (κ2) is 9.12. The molecule has 0 saturated carbocycles. The summed E-state index contributed by atoms with van der Waals surface area (Å²) in [7, 11) is 0. The van der Waals surface area contributed by atoms with E-state index in [0.29, 0.717) is 18.0 Å². The van der Waals surface area contributed by atoms with Crippen molar-refractivity contribution >= 4 is 11.9 Å². The van der Waals surface area contributed by atoms with E-state index >= 15 is 0 Å². The lowest BCUT2D eigenvalue weighted by molar-refractivity contribution is 0.0933. The summed E-state index contributed by atoms with van der Waals surface area (Å²) >= 11 is 0. The maximum absolute atomic E-state index is 12.6. The normalized spacial score (nSPS) is 19.2. The van der Waals surface area contributed by atoms with Crippen LogP contribution in [0.2, 0.25) is 0 Å². The van der Waals surface area contributed by atoms with Gasteiger partial charge in [0.05, 0.1) is 0 Å². The molecule has 0 aliphatic carbocycles. The molecule has 152 valence electrons. The van der Waals surface area contributed by atoms with Crippen molar-refractivity contribution in [2.45, 2.75) is 25.7 Å². The summed E-state index contributed by atoms with van der Waals surface area (Å²) in [6, 6.07) is 18.0. The van der Waals surface area contributed by atoms with Crippen LogP contribution < -0.4 is 5.32 Å². The van der Waals surface area contributed by atoms with Gasteiger partial charge in [0, 0.05) is 38.3 Å². The Bertz CT molecular complexity index is 829. The number of rotatable bonds is 4. The Labute approximate surface area is 172 Å². The second-order valence-corrected chi connectivity index (χ2v) is 8.08. The fourth-order valence-electron chi connectivity index (χ4n) is 4.30. The van der Waals surface area contributed by atoms with Gasteiger partial charge in [0.15, 0.2) is 0 Å². The third-order valence-electron chi connectivity index (χ3n) is 5.97. The van der Waals surface area contributed by atoms with Gasteiger partial charge in [0.1, 0.15) is 0 Å². The molecule has 5 heteroatoms. The number of nitrogens with zero attached hydrogens (tertiary/aromatic N) is 2. The lowest BCUT2D eigenvalue weighted by atomic mass is 9.98. The van der Waals surface area contributed by atoms with Crippen LogP contribution >= 0.6 is 0 Å². The van der Waals surface area contributed by atoms with E-state index in [-0.39, 0.29) is 11.9 Å². The van der Waals surface area contributed by atoms with Crippen molar-refractivity contribution in [2.24, 2.45) is 5.92 Å². The van der Waals surface area contributed by atoms with Gasteiger partial charge < -0.3 is 15.1 Å². The number of nitrogens with one attached hydrogen (secondary N) is 1. The highest BCUT2D eigenvalue weighted by atomic mass is 16.2. The minimum atomic E-state index is -0.0485. The average Bonchev–Trinajstić information content (AvgIpc) is 3.33. The number of hydrogen-bond acceptors (Lipinski definition) is 2. The Morgan fingerprint density at radius 1 is 0.828 bits per heavy atom. The van der Waals surface area contributed by atoms with Gasteiger partial charge in [-0.3, -0.25) is 4.79 Å². The third kappa shape index (κ3) is 4.78. The van der Waals surface area contributed by atoms with Crippen LogP contribution in [-0.2, 0) is 0 Å². The third-order valence-corrected chi connectivity index (χ3v) is 5.97. The Balaban J connectivity index is 1.29. The van der Waals surface area contributed by atoms with Crippen molar-refractivity contribution in [1.82, 2.24) is 15.1 Å². The number of amides is 3. The van der Waals surface area contributed by atoms with Crippen LogP contribution in [0.1, 0.15) is 36.0 Å². The first kappa shape index (κ1) is 19.5. The van der Waals surface area contributed by atoms with E-state index in [1.54, 1.807) is 0 Å². The van der Waals surface area contributed by atoms with Gasteiger partial charge in [-0.1, -0.05) is 42.5 Å². The highest BCUT2D eigenvalue weighted by Gasteiger charge is 2.28. The maximum Gasteiger partial charge on any atom is 0.320 e. The molecule has 5 nitrogen and oxygen atoms in total. The van der Waals surface area contributed by atoms with Crippen molar-refractivity contribution in [1.29, 1.82) is 0 Å². The molecular weight excluding hydrogens is 362 g/mol. The summed E-state index contributed by atoms with van der Waals surface area (Å²) < 4.78 is 0. The van der Waals surface area contributed by atoms with Crippen LogP contribution in [0.15, 0.2) is 54.6 Å². The first-order valence-electron chi connectivity index (χ1n) is 10.7. The van der Waals surface area contributed by atoms with Crippen LogP contribution in [0.25, 0.3) is 11.1 Å². The summed E-state index contributed by atoms with van der Waals surface area (Å²) in [5.74, 6) is 0.274. The number of hydrogen-bond donors (Lipinski definition) is 1. The highest BCUT2D eigenvalue weighted by Crippen LogP contribution is 2.21. The monoisotopic (exact) mass is 391 g/mol. The molecule has 2 aliphatic heterocycles. The summed E-state index contributed by atoms with van der Waals surface area (Å²) in [6.45, 7) is 3.96. The second-order valence-electron chi connectivity index (χ2n) is 8.08. The molecule has 2 aromatic carbocycles. The minimum absolute atomic E-state index is 0.0485. The van der Waals surface area contributed by atoms with Gasteiger partial charge in [-0.05, 0) is 54.9 Å². The molecule has 0 aromatic heterocycles. The van der Waals surface area contributed by atoms with Crippen molar-refractivity contribution < 1.29 is 9.59 Å². The zero-order chi connectivity index (χ0) is 20.1. The van der Waals surface area contributed by atoms with Crippen molar-refractivity contribution in [3.05, 3.63) is 60.2 Å². The lowest BCUT2D eigenvalue weighted by Gasteiger charge is -2.35. The summed E-state index contributed by atoms with van der Waals surface area (Å²) in [5, 5.41) is 3.07. The Morgan fingerprint density at radius 2 is 1.48 bits per heavy atom. The van der Waals surface area contributed by atoms with Gasteiger partial charge in [-0.25, -0.2) is 4.79 Å². The zero-order valence-corrected chi connectivity index (χ0v) is 16.8. The van der Waals surface area contributed by atoms with E-state index in [0.717, 1.165) is 63.0 Å². The molecule has 2 aliphatic rings. The van der Waals surface area contributed by atoms with Crippen molar-refractivity contribution in [3.63, 3.8) is 0 Å². The smallest absolute Gasteiger partial charge is 0.320 e. The molecule has 2 heterocycles. The van der Waals surface area contributed by atoms with Gasteiger partial charge in [0.25, 0.3) is 5.91 Å². The molecule has 2 fully saturated rings. The standard InChI is InChI=1S/C24H29N3O2/c28-23(22-12-10-21(11-13-22)20-8-2-1-3-9-20)25-17-19-7-6-16-27(18-19)24(29)26-14-4-5-15-26/h1-3,8-13,19H,4-7,14-18H2,(H,25,28)/t19-/m0/s1. The molecule has 0 unspecified atom stereocenters. The minimum Gasteiger partial charge on any atom is -0.352 e. The van der Waals surface area contributed by atoms with Crippen LogP contribution in [0, 0.1) is 5.92 Å². The summed E-state index contributed by atoms with van der Waals surface area (Å²) in [4.78, 5) is 29.1.